The number of fused-ring (bicyclic) bond motifs is 1. The van der Waals surface area contributed by atoms with E-state index in [4.69, 9.17) is 5.11 Å². The minimum atomic E-state index is -1.04. The van der Waals surface area contributed by atoms with Crippen LogP contribution in [-0.4, -0.2) is 33.0 Å². The summed E-state index contributed by atoms with van der Waals surface area (Å²) in [7, 11) is 0. The van der Waals surface area contributed by atoms with Crippen LogP contribution in [-0.2, 0) is 4.79 Å². The fourth-order valence-electron chi connectivity index (χ4n) is 1.78. The van der Waals surface area contributed by atoms with Crippen LogP contribution in [0.4, 0.5) is 0 Å². The summed E-state index contributed by atoms with van der Waals surface area (Å²) in [5, 5.41) is 11.9. The van der Waals surface area contributed by atoms with Crippen molar-refractivity contribution in [1.29, 1.82) is 0 Å². The zero-order valence-corrected chi connectivity index (χ0v) is 12.0. The predicted molar refractivity (Wildman–Crippen MR) is 75.8 cm³/mol. The third-order valence-corrected chi connectivity index (χ3v) is 3.65. The molecule has 106 valence electrons. The molecule has 0 aliphatic carbocycles. The molecule has 0 radical (unpaired) electrons. The Morgan fingerprint density at radius 2 is 2.20 bits per heavy atom. The molecule has 2 N–H and O–H groups in total. The first-order chi connectivity index (χ1) is 9.47. The number of amides is 1. The largest absolute Gasteiger partial charge is 0.480 e. The fraction of sp³-hybridized carbons (Fsp3) is 0.385. The highest BCUT2D eigenvalue weighted by Gasteiger charge is 2.23. The van der Waals surface area contributed by atoms with Gasteiger partial charge in [0, 0.05) is 6.20 Å². The zero-order chi connectivity index (χ0) is 14.7. The summed E-state index contributed by atoms with van der Waals surface area (Å²) in [5.74, 6) is -1.33. The maximum absolute atomic E-state index is 12.1. The van der Waals surface area contributed by atoms with E-state index in [1.165, 1.54) is 0 Å². The summed E-state index contributed by atoms with van der Waals surface area (Å²) in [6, 6.07) is 2.60. The molecule has 0 aromatic carbocycles. The second kappa shape index (κ2) is 5.96. The molecule has 0 saturated carbocycles. The van der Waals surface area contributed by atoms with E-state index in [0.29, 0.717) is 16.8 Å². The molecule has 2 rings (SSSR count). The second-order valence-corrected chi connectivity index (χ2v) is 5.82. The molecule has 0 saturated heterocycles. The highest BCUT2D eigenvalue weighted by atomic mass is 32.1. The van der Waals surface area contributed by atoms with Crippen LogP contribution in [0.15, 0.2) is 18.3 Å². The number of hydrogen-bond donors (Lipinski definition) is 2. The Labute approximate surface area is 119 Å². The van der Waals surface area contributed by atoms with Gasteiger partial charge in [-0.25, -0.2) is 14.8 Å². The van der Waals surface area contributed by atoms with Crippen molar-refractivity contribution in [2.24, 2.45) is 5.92 Å². The molecule has 6 nitrogen and oxygen atoms in total. The smallest absolute Gasteiger partial charge is 0.326 e. The number of carbonyl (C=O) groups excluding carboxylic acids is 1. The van der Waals surface area contributed by atoms with Gasteiger partial charge in [-0.05, 0) is 24.5 Å². The number of nitrogens with one attached hydrogen (secondary N) is 1. The Morgan fingerprint density at radius 3 is 2.80 bits per heavy atom. The van der Waals surface area contributed by atoms with Gasteiger partial charge in [-0.3, -0.25) is 4.79 Å². The molecule has 2 heterocycles. The van der Waals surface area contributed by atoms with E-state index in [1.807, 2.05) is 13.8 Å². The molecule has 0 spiro atoms. The van der Waals surface area contributed by atoms with Gasteiger partial charge >= 0.3 is 5.97 Å². The van der Waals surface area contributed by atoms with Crippen molar-refractivity contribution >= 4 is 33.6 Å². The van der Waals surface area contributed by atoms with Crippen LogP contribution in [0.5, 0.6) is 0 Å². The summed E-state index contributed by atoms with van der Waals surface area (Å²) in [6.45, 7) is 3.81. The van der Waals surface area contributed by atoms with E-state index in [1.54, 1.807) is 18.3 Å². The quantitative estimate of drug-likeness (QED) is 0.878. The van der Waals surface area contributed by atoms with Gasteiger partial charge in [0.25, 0.3) is 5.91 Å². The molecule has 1 atom stereocenters. The average Bonchev–Trinajstić information content (AvgIpc) is 2.81. The van der Waals surface area contributed by atoms with Crippen molar-refractivity contribution < 1.29 is 14.7 Å². The van der Waals surface area contributed by atoms with Crippen molar-refractivity contribution in [2.45, 2.75) is 26.3 Å². The van der Waals surface area contributed by atoms with Crippen LogP contribution in [0.25, 0.3) is 10.3 Å². The molecule has 0 unspecified atom stereocenters. The Balaban J connectivity index is 2.15. The lowest BCUT2D eigenvalue weighted by Gasteiger charge is -2.15. The van der Waals surface area contributed by atoms with Gasteiger partial charge in [0.1, 0.15) is 16.4 Å². The summed E-state index contributed by atoms with van der Waals surface area (Å²) in [6.07, 6.45) is 2.01. The SMILES string of the molecule is CC(C)C[C@@H](NC(=O)c1nc2cccnc2s1)C(=O)O. The molecule has 2 aromatic rings. The predicted octanol–water partition coefficient (Wildman–Crippen LogP) is 1.92. The van der Waals surface area contributed by atoms with Crippen LogP contribution >= 0.6 is 11.3 Å². The first kappa shape index (κ1) is 14.4. The van der Waals surface area contributed by atoms with E-state index in [2.05, 4.69) is 15.3 Å². The maximum atomic E-state index is 12.1. The van der Waals surface area contributed by atoms with Crippen LogP contribution in [0, 0.1) is 5.92 Å². The minimum Gasteiger partial charge on any atom is -0.480 e. The van der Waals surface area contributed by atoms with E-state index in [-0.39, 0.29) is 10.9 Å². The summed E-state index contributed by atoms with van der Waals surface area (Å²) in [4.78, 5) is 32.1. The molecule has 0 aliphatic rings. The highest BCUT2D eigenvalue weighted by molar-refractivity contribution is 7.19. The Hall–Kier alpha value is -2.02. The van der Waals surface area contributed by atoms with Crippen molar-refractivity contribution in [2.75, 3.05) is 0 Å². The molecule has 0 bridgehead atoms. The molecule has 7 heteroatoms. The van der Waals surface area contributed by atoms with Crippen molar-refractivity contribution in [3.8, 4) is 0 Å². The first-order valence-corrected chi connectivity index (χ1v) is 7.04. The van der Waals surface area contributed by atoms with Gasteiger partial charge in [0.15, 0.2) is 5.01 Å². The summed E-state index contributed by atoms with van der Waals surface area (Å²) >= 11 is 1.15. The number of carboxylic acid groups (broad SMARTS) is 1. The average molecular weight is 293 g/mol. The number of carbonyl (C=O) groups is 2. The summed E-state index contributed by atoms with van der Waals surface area (Å²) in [5.41, 5.74) is 0.637. The van der Waals surface area contributed by atoms with Crippen molar-refractivity contribution in [3.63, 3.8) is 0 Å². The minimum absolute atomic E-state index is 0.174. The first-order valence-electron chi connectivity index (χ1n) is 6.22. The van der Waals surface area contributed by atoms with Gasteiger partial charge in [-0.15, -0.1) is 0 Å². The number of thiazole rings is 1. The van der Waals surface area contributed by atoms with Crippen LogP contribution < -0.4 is 5.32 Å². The van der Waals surface area contributed by atoms with Gasteiger partial charge in [0.05, 0.1) is 0 Å². The second-order valence-electron chi connectivity index (χ2n) is 4.84. The van der Waals surface area contributed by atoms with Crippen molar-refractivity contribution in [1.82, 2.24) is 15.3 Å². The van der Waals surface area contributed by atoms with E-state index in [9.17, 15) is 9.59 Å². The standard InChI is InChI=1S/C13H15N3O3S/c1-7(2)6-9(13(18)19)15-10(17)12-16-8-4-3-5-14-11(8)20-12/h3-5,7,9H,6H2,1-2H3,(H,15,17)(H,18,19)/t9-/m1/s1. The Morgan fingerprint density at radius 1 is 1.45 bits per heavy atom. The van der Waals surface area contributed by atoms with Gasteiger partial charge in [-0.1, -0.05) is 25.2 Å². The van der Waals surface area contributed by atoms with Gasteiger partial charge < -0.3 is 10.4 Å². The fourth-order valence-corrected chi connectivity index (χ4v) is 2.59. The zero-order valence-electron chi connectivity index (χ0n) is 11.2. The summed E-state index contributed by atoms with van der Waals surface area (Å²) < 4.78 is 0. The third kappa shape index (κ3) is 3.30. The molecule has 2 aromatic heterocycles. The van der Waals surface area contributed by atoms with Gasteiger partial charge in [0.2, 0.25) is 0 Å². The monoisotopic (exact) mass is 293 g/mol. The highest BCUT2D eigenvalue weighted by Crippen LogP contribution is 2.19. The lowest BCUT2D eigenvalue weighted by Crippen LogP contribution is -2.41. The van der Waals surface area contributed by atoms with Crippen LogP contribution in [0.2, 0.25) is 0 Å². The van der Waals surface area contributed by atoms with E-state index in [0.717, 1.165) is 11.3 Å². The number of nitrogens with zero attached hydrogens (tertiary/aromatic N) is 2. The molecule has 0 aliphatic heterocycles. The third-order valence-electron chi connectivity index (χ3n) is 2.67. The van der Waals surface area contributed by atoms with Gasteiger partial charge in [-0.2, -0.15) is 0 Å². The molecular weight excluding hydrogens is 278 g/mol. The number of aliphatic carboxylic acids is 1. The topological polar surface area (TPSA) is 92.2 Å². The number of rotatable bonds is 5. The molecular formula is C13H15N3O3S. The van der Waals surface area contributed by atoms with Crippen LogP contribution in [0.1, 0.15) is 30.1 Å². The number of carboxylic acids is 1. The lowest BCUT2D eigenvalue weighted by atomic mass is 10.0. The Bertz CT molecular complexity index is 606. The van der Waals surface area contributed by atoms with E-state index >= 15 is 0 Å². The molecule has 20 heavy (non-hydrogen) atoms. The number of pyridine rings is 1. The van der Waals surface area contributed by atoms with E-state index < -0.39 is 17.9 Å². The number of aromatic nitrogens is 2. The Kier molecular flexibility index (Phi) is 4.29. The normalized spacial score (nSPS) is 12.6. The van der Waals surface area contributed by atoms with Crippen LogP contribution in [0.3, 0.4) is 0 Å². The van der Waals surface area contributed by atoms with Crippen molar-refractivity contribution in [3.05, 3.63) is 23.3 Å². The lowest BCUT2D eigenvalue weighted by molar-refractivity contribution is -0.139. The molecule has 0 fully saturated rings. The number of hydrogen-bond acceptors (Lipinski definition) is 5. The molecule has 1 amide bonds. The maximum Gasteiger partial charge on any atom is 0.326 e.